The smallest absolute Gasteiger partial charge is 0.250 e. The molecule has 1 fully saturated rings. The summed E-state index contributed by atoms with van der Waals surface area (Å²) in [5.41, 5.74) is -0.0279. The van der Waals surface area contributed by atoms with Gasteiger partial charge >= 0.3 is 0 Å². The van der Waals surface area contributed by atoms with Gasteiger partial charge in [0.25, 0.3) is 5.91 Å². The first kappa shape index (κ1) is 15.8. The lowest BCUT2D eigenvalue weighted by Crippen LogP contribution is -2.64. The highest BCUT2D eigenvalue weighted by Gasteiger charge is 2.42. The van der Waals surface area contributed by atoms with Crippen LogP contribution in [0, 0.1) is 11.7 Å². The molecule has 0 aromatic heterocycles. The van der Waals surface area contributed by atoms with Gasteiger partial charge in [0, 0.05) is 0 Å². The molecular formula is C15H18ClFN2O2. The summed E-state index contributed by atoms with van der Waals surface area (Å²) < 4.78 is 14.1. The zero-order valence-electron chi connectivity index (χ0n) is 12.2. The van der Waals surface area contributed by atoms with E-state index in [4.69, 9.17) is 11.6 Å². The molecule has 2 amide bonds. The molecule has 0 radical (unpaired) electrons. The zero-order chi connectivity index (χ0) is 15.7. The second-order valence-electron chi connectivity index (χ2n) is 5.33. The molecule has 6 heteroatoms. The van der Waals surface area contributed by atoms with Gasteiger partial charge in [-0.2, -0.15) is 0 Å². The molecule has 1 aromatic rings. The number of nitrogens with zero attached hydrogens (tertiary/aromatic N) is 1. The van der Waals surface area contributed by atoms with Crippen molar-refractivity contribution in [3.63, 3.8) is 0 Å². The number of hydrogen-bond acceptors (Lipinski definition) is 2. The quantitative estimate of drug-likeness (QED) is 0.933. The normalized spacial score (nSPS) is 24.0. The number of anilines is 1. The molecule has 1 aliphatic rings. The molecule has 1 saturated heterocycles. The van der Waals surface area contributed by atoms with Crippen molar-refractivity contribution < 1.29 is 14.0 Å². The Morgan fingerprint density at radius 1 is 1.43 bits per heavy atom. The second-order valence-corrected chi connectivity index (χ2v) is 5.73. The van der Waals surface area contributed by atoms with Crippen LogP contribution in [0.5, 0.6) is 0 Å². The Morgan fingerprint density at radius 2 is 2.10 bits per heavy atom. The molecular weight excluding hydrogens is 295 g/mol. The molecule has 1 heterocycles. The average molecular weight is 313 g/mol. The highest BCUT2D eigenvalue weighted by atomic mass is 35.5. The lowest BCUT2D eigenvalue weighted by atomic mass is 9.94. The van der Waals surface area contributed by atoms with Gasteiger partial charge in [-0.3, -0.25) is 14.5 Å². The van der Waals surface area contributed by atoms with Crippen molar-refractivity contribution in [3.05, 3.63) is 29.0 Å². The van der Waals surface area contributed by atoms with Gasteiger partial charge in [-0.15, -0.1) is 0 Å². The number of rotatable bonds is 3. The van der Waals surface area contributed by atoms with Gasteiger partial charge in [0.1, 0.15) is 17.9 Å². The summed E-state index contributed by atoms with van der Waals surface area (Å²) in [5, 5.41) is 2.83. The summed E-state index contributed by atoms with van der Waals surface area (Å²) in [7, 11) is 0. The molecule has 21 heavy (non-hydrogen) atoms. The summed E-state index contributed by atoms with van der Waals surface area (Å²) in [6.45, 7) is 5.37. The van der Waals surface area contributed by atoms with Crippen molar-refractivity contribution in [3.8, 4) is 0 Å². The Hall–Kier alpha value is -1.62. The number of halogens is 2. The Kier molecular flexibility index (Phi) is 4.52. The average Bonchev–Trinajstić information content (AvgIpc) is 2.45. The maximum absolute atomic E-state index is 14.1. The summed E-state index contributed by atoms with van der Waals surface area (Å²) in [5.74, 6) is -1.29. The molecule has 114 valence electrons. The van der Waals surface area contributed by atoms with Crippen molar-refractivity contribution in [2.24, 2.45) is 5.92 Å². The third kappa shape index (κ3) is 2.75. The zero-order valence-corrected chi connectivity index (χ0v) is 12.9. The molecule has 4 nitrogen and oxygen atoms in total. The first-order valence-corrected chi connectivity index (χ1v) is 7.33. The van der Waals surface area contributed by atoms with Gasteiger partial charge in [-0.05, 0) is 25.0 Å². The van der Waals surface area contributed by atoms with Crippen LogP contribution >= 0.6 is 11.6 Å². The standard InChI is InChI=1S/C15H18ClFN2O2/c1-4-8(2)12-15(21)19(9(3)14(20)18-12)13-10(16)6-5-7-11(13)17/h5-9,12H,4H2,1-3H3,(H,18,20). The maximum atomic E-state index is 14.1. The van der Waals surface area contributed by atoms with Crippen LogP contribution in [-0.2, 0) is 9.59 Å². The van der Waals surface area contributed by atoms with E-state index in [2.05, 4.69) is 5.32 Å². The molecule has 0 spiro atoms. The summed E-state index contributed by atoms with van der Waals surface area (Å²) >= 11 is 6.04. The molecule has 0 bridgehead atoms. The summed E-state index contributed by atoms with van der Waals surface area (Å²) in [6, 6.07) is 2.74. The number of benzene rings is 1. The molecule has 3 atom stereocenters. The van der Waals surface area contributed by atoms with Crippen LogP contribution in [0.1, 0.15) is 27.2 Å². The Labute approximate surface area is 128 Å². The minimum Gasteiger partial charge on any atom is -0.342 e. The third-order valence-corrected chi connectivity index (χ3v) is 4.26. The van der Waals surface area contributed by atoms with E-state index in [0.717, 1.165) is 6.42 Å². The van der Waals surface area contributed by atoms with E-state index < -0.39 is 17.9 Å². The van der Waals surface area contributed by atoms with E-state index in [1.807, 2.05) is 13.8 Å². The Morgan fingerprint density at radius 3 is 2.67 bits per heavy atom. The molecule has 3 unspecified atom stereocenters. The summed E-state index contributed by atoms with van der Waals surface area (Å²) in [6.07, 6.45) is 0.726. The number of para-hydroxylation sites is 1. The monoisotopic (exact) mass is 312 g/mol. The predicted octanol–water partition coefficient (Wildman–Crippen LogP) is 2.75. The number of nitrogens with one attached hydrogen (secondary N) is 1. The van der Waals surface area contributed by atoms with Crippen molar-refractivity contribution in [1.29, 1.82) is 0 Å². The lowest BCUT2D eigenvalue weighted by Gasteiger charge is -2.39. The van der Waals surface area contributed by atoms with E-state index in [1.54, 1.807) is 6.92 Å². The van der Waals surface area contributed by atoms with Gasteiger partial charge in [0.15, 0.2) is 0 Å². The van der Waals surface area contributed by atoms with Crippen LogP contribution in [0.15, 0.2) is 18.2 Å². The third-order valence-electron chi connectivity index (χ3n) is 3.96. The second kappa shape index (κ2) is 6.02. The topological polar surface area (TPSA) is 49.4 Å². The SMILES string of the molecule is CCC(C)C1NC(=O)C(C)N(c2c(F)cccc2Cl)C1=O. The van der Waals surface area contributed by atoms with Crippen LogP contribution < -0.4 is 10.2 Å². The van der Waals surface area contributed by atoms with Gasteiger partial charge in [-0.1, -0.05) is 37.9 Å². The predicted molar refractivity (Wildman–Crippen MR) is 79.7 cm³/mol. The van der Waals surface area contributed by atoms with E-state index in [0.29, 0.717) is 0 Å². The Balaban J connectivity index is 2.49. The molecule has 0 saturated carbocycles. The van der Waals surface area contributed by atoms with Crippen molar-refractivity contribution in [1.82, 2.24) is 5.32 Å². The van der Waals surface area contributed by atoms with E-state index >= 15 is 0 Å². The molecule has 1 N–H and O–H groups in total. The fourth-order valence-electron chi connectivity index (χ4n) is 2.44. The van der Waals surface area contributed by atoms with Crippen molar-refractivity contribution in [2.75, 3.05) is 4.90 Å². The first-order chi connectivity index (χ1) is 9.88. The summed E-state index contributed by atoms with van der Waals surface area (Å²) in [4.78, 5) is 26.0. The van der Waals surface area contributed by atoms with Crippen molar-refractivity contribution in [2.45, 2.75) is 39.3 Å². The minimum atomic E-state index is -0.799. The number of amides is 2. The van der Waals surface area contributed by atoms with Crippen LogP contribution in [0.2, 0.25) is 5.02 Å². The van der Waals surface area contributed by atoms with Crippen LogP contribution in [0.4, 0.5) is 10.1 Å². The Bertz CT molecular complexity index is 559. The van der Waals surface area contributed by atoms with E-state index in [9.17, 15) is 14.0 Å². The highest BCUT2D eigenvalue weighted by Crippen LogP contribution is 2.33. The fourth-order valence-corrected chi connectivity index (χ4v) is 2.69. The van der Waals surface area contributed by atoms with Crippen LogP contribution in [0.3, 0.4) is 0 Å². The highest BCUT2D eigenvalue weighted by molar-refractivity contribution is 6.34. The van der Waals surface area contributed by atoms with Crippen molar-refractivity contribution >= 4 is 29.1 Å². The molecule has 1 aromatic carbocycles. The van der Waals surface area contributed by atoms with E-state index in [1.165, 1.54) is 23.1 Å². The molecule has 0 aliphatic carbocycles. The van der Waals surface area contributed by atoms with Gasteiger partial charge in [0.05, 0.1) is 10.7 Å². The van der Waals surface area contributed by atoms with Gasteiger partial charge < -0.3 is 5.32 Å². The number of carbonyl (C=O) groups is 2. The largest absolute Gasteiger partial charge is 0.342 e. The minimum absolute atomic E-state index is 0.0279. The number of piperazine rings is 1. The fraction of sp³-hybridized carbons (Fsp3) is 0.467. The maximum Gasteiger partial charge on any atom is 0.250 e. The first-order valence-electron chi connectivity index (χ1n) is 6.96. The van der Waals surface area contributed by atoms with Gasteiger partial charge in [0.2, 0.25) is 5.91 Å². The number of carbonyl (C=O) groups excluding carboxylic acids is 2. The van der Waals surface area contributed by atoms with E-state index in [-0.39, 0.29) is 28.4 Å². The van der Waals surface area contributed by atoms with Crippen LogP contribution in [-0.4, -0.2) is 23.9 Å². The molecule has 1 aliphatic heterocycles. The number of hydrogen-bond donors (Lipinski definition) is 1. The van der Waals surface area contributed by atoms with Crippen LogP contribution in [0.25, 0.3) is 0 Å². The molecule has 2 rings (SSSR count). The lowest BCUT2D eigenvalue weighted by molar-refractivity contribution is -0.134. The van der Waals surface area contributed by atoms with Gasteiger partial charge in [-0.25, -0.2) is 4.39 Å².